The minimum Gasteiger partial charge on any atom is -0.352 e. The predicted molar refractivity (Wildman–Crippen MR) is 109 cm³/mol. The molecule has 2 aromatic rings. The number of nitrogens with one attached hydrogen (secondary N) is 1. The molecule has 2 aromatic carbocycles. The van der Waals surface area contributed by atoms with Crippen molar-refractivity contribution in [1.29, 1.82) is 0 Å². The van der Waals surface area contributed by atoms with Crippen molar-refractivity contribution < 1.29 is 14.0 Å². The van der Waals surface area contributed by atoms with E-state index in [4.69, 9.17) is 0 Å². The third kappa shape index (κ3) is 6.19. The van der Waals surface area contributed by atoms with Crippen molar-refractivity contribution in [1.82, 2.24) is 10.2 Å². The lowest BCUT2D eigenvalue weighted by Crippen LogP contribution is -2.51. The van der Waals surface area contributed by atoms with Gasteiger partial charge in [-0.25, -0.2) is 4.39 Å². The van der Waals surface area contributed by atoms with Crippen molar-refractivity contribution in [3.05, 3.63) is 71.5 Å². The van der Waals surface area contributed by atoms with Crippen LogP contribution in [0, 0.1) is 5.82 Å². The molecule has 0 fully saturated rings. The summed E-state index contributed by atoms with van der Waals surface area (Å²) in [6, 6.07) is 15.2. The molecule has 0 saturated heterocycles. The van der Waals surface area contributed by atoms with Gasteiger partial charge in [-0.05, 0) is 31.9 Å². The maximum Gasteiger partial charge on any atom is 0.243 e. The summed E-state index contributed by atoms with van der Waals surface area (Å²) in [5.74, 6) is -0.746. The largest absolute Gasteiger partial charge is 0.352 e. The zero-order valence-electron chi connectivity index (χ0n) is 16.8. The topological polar surface area (TPSA) is 49.4 Å². The highest BCUT2D eigenvalue weighted by Gasteiger charge is 2.30. The predicted octanol–water partition coefficient (Wildman–Crippen LogP) is 4.09. The van der Waals surface area contributed by atoms with Crippen LogP contribution in [0.4, 0.5) is 4.39 Å². The molecule has 1 N–H and O–H groups in total. The Morgan fingerprint density at radius 2 is 1.68 bits per heavy atom. The van der Waals surface area contributed by atoms with Gasteiger partial charge in [-0.15, -0.1) is 0 Å². The Bertz CT molecular complexity index is 777. The van der Waals surface area contributed by atoms with E-state index in [9.17, 15) is 14.0 Å². The molecular formula is C23H29FN2O2. The average Bonchev–Trinajstić information content (AvgIpc) is 2.66. The molecule has 0 aliphatic carbocycles. The fourth-order valence-corrected chi connectivity index (χ4v) is 3.10. The van der Waals surface area contributed by atoms with Crippen molar-refractivity contribution in [2.75, 3.05) is 0 Å². The van der Waals surface area contributed by atoms with Crippen LogP contribution in [0.3, 0.4) is 0 Å². The van der Waals surface area contributed by atoms with Crippen LogP contribution in [-0.2, 0) is 22.6 Å². The highest BCUT2D eigenvalue weighted by Crippen LogP contribution is 2.18. The van der Waals surface area contributed by atoms with Gasteiger partial charge in [-0.3, -0.25) is 9.59 Å². The van der Waals surface area contributed by atoms with E-state index in [1.54, 1.807) is 18.2 Å². The number of carbonyl (C=O) groups excluding carboxylic acids is 2. The molecule has 0 aliphatic rings. The fourth-order valence-electron chi connectivity index (χ4n) is 3.10. The van der Waals surface area contributed by atoms with Crippen LogP contribution in [0.2, 0.25) is 0 Å². The smallest absolute Gasteiger partial charge is 0.243 e. The quantitative estimate of drug-likeness (QED) is 0.708. The van der Waals surface area contributed by atoms with E-state index in [2.05, 4.69) is 5.32 Å². The zero-order chi connectivity index (χ0) is 20.5. The van der Waals surface area contributed by atoms with Gasteiger partial charge in [0.1, 0.15) is 11.9 Å². The molecule has 0 aromatic heterocycles. The average molecular weight is 384 g/mol. The van der Waals surface area contributed by atoms with Gasteiger partial charge in [0.25, 0.3) is 0 Å². The summed E-state index contributed by atoms with van der Waals surface area (Å²) in [6.45, 7) is 5.74. The van der Waals surface area contributed by atoms with Crippen LogP contribution in [-0.4, -0.2) is 28.8 Å². The lowest BCUT2D eigenvalue weighted by molar-refractivity contribution is -0.141. The van der Waals surface area contributed by atoms with Gasteiger partial charge in [0.2, 0.25) is 11.8 Å². The normalized spacial score (nSPS) is 11.9. The highest BCUT2D eigenvalue weighted by atomic mass is 19.1. The number of amides is 2. The Hall–Kier alpha value is -2.69. The van der Waals surface area contributed by atoms with Crippen molar-refractivity contribution in [2.45, 2.75) is 58.7 Å². The zero-order valence-corrected chi connectivity index (χ0v) is 16.8. The number of halogens is 1. The van der Waals surface area contributed by atoms with E-state index >= 15 is 0 Å². The maximum absolute atomic E-state index is 14.3. The van der Waals surface area contributed by atoms with Crippen LogP contribution in [0.5, 0.6) is 0 Å². The van der Waals surface area contributed by atoms with E-state index in [1.807, 2.05) is 51.1 Å². The second-order valence-corrected chi connectivity index (χ2v) is 7.23. The van der Waals surface area contributed by atoms with E-state index in [1.165, 1.54) is 11.0 Å². The SMILES string of the molecule is CCCC(=O)N(Cc1ccccc1F)[C@H](Cc1ccccc1)C(=O)NC(C)C. The molecule has 2 rings (SSSR count). The molecule has 0 radical (unpaired) electrons. The van der Waals surface area contributed by atoms with Crippen molar-refractivity contribution in [3.8, 4) is 0 Å². The Balaban J connectivity index is 2.39. The van der Waals surface area contributed by atoms with Crippen LogP contribution in [0.15, 0.2) is 54.6 Å². The van der Waals surface area contributed by atoms with E-state index in [0.717, 1.165) is 5.56 Å². The maximum atomic E-state index is 14.3. The summed E-state index contributed by atoms with van der Waals surface area (Å²) in [7, 11) is 0. The van der Waals surface area contributed by atoms with Gasteiger partial charge in [-0.2, -0.15) is 0 Å². The van der Waals surface area contributed by atoms with Gasteiger partial charge in [-0.1, -0.05) is 55.5 Å². The summed E-state index contributed by atoms with van der Waals surface area (Å²) < 4.78 is 14.3. The van der Waals surface area contributed by atoms with Gasteiger partial charge in [0, 0.05) is 31.0 Å². The Morgan fingerprint density at radius 1 is 1.04 bits per heavy atom. The number of carbonyl (C=O) groups is 2. The molecule has 5 heteroatoms. The first kappa shape index (κ1) is 21.6. The number of hydrogen-bond donors (Lipinski definition) is 1. The molecule has 0 saturated carbocycles. The molecular weight excluding hydrogens is 355 g/mol. The van der Waals surface area contributed by atoms with Crippen LogP contribution < -0.4 is 5.32 Å². The third-order valence-corrected chi connectivity index (χ3v) is 4.46. The van der Waals surface area contributed by atoms with Crippen LogP contribution in [0.25, 0.3) is 0 Å². The molecule has 1 atom stereocenters. The monoisotopic (exact) mass is 384 g/mol. The number of benzene rings is 2. The lowest BCUT2D eigenvalue weighted by Gasteiger charge is -2.32. The van der Waals surface area contributed by atoms with Crippen molar-refractivity contribution in [2.24, 2.45) is 0 Å². The summed E-state index contributed by atoms with van der Waals surface area (Å²) in [5.41, 5.74) is 1.36. The summed E-state index contributed by atoms with van der Waals surface area (Å²) in [5, 5.41) is 2.91. The van der Waals surface area contributed by atoms with Crippen LogP contribution >= 0.6 is 0 Å². The van der Waals surface area contributed by atoms with E-state index in [-0.39, 0.29) is 30.2 Å². The molecule has 0 spiro atoms. The van der Waals surface area contributed by atoms with Gasteiger partial charge >= 0.3 is 0 Å². The molecule has 0 unspecified atom stereocenters. The first-order valence-electron chi connectivity index (χ1n) is 9.79. The van der Waals surface area contributed by atoms with Crippen LogP contribution in [0.1, 0.15) is 44.7 Å². The summed E-state index contributed by atoms with van der Waals surface area (Å²) in [4.78, 5) is 27.4. The summed E-state index contributed by atoms with van der Waals surface area (Å²) in [6.07, 6.45) is 1.36. The van der Waals surface area contributed by atoms with E-state index < -0.39 is 6.04 Å². The highest BCUT2D eigenvalue weighted by molar-refractivity contribution is 5.88. The molecule has 0 bridgehead atoms. The molecule has 2 amide bonds. The van der Waals surface area contributed by atoms with Gasteiger partial charge in [0.15, 0.2) is 0 Å². The first-order valence-corrected chi connectivity index (χ1v) is 9.79. The minimum atomic E-state index is -0.705. The fraction of sp³-hybridized carbons (Fsp3) is 0.391. The standard InChI is InChI=1S/C23H29FN2O2/c1-4-10-22(27)26(16-19-13-8-9-14-20(19)24)21(23(28)25-17(2)3)15-18-11-6-5-7-12-18/h5-9,11-14,17,21H,4,10,15-16H2,1-3H3,(H,25,28)/t21-/m1/s1. The molecule has 150 valence electrons. The summed E-state index contributed by atoms with van der Waals surface area (Å²) >= 11 is 0. The van der Waals surface area contributed by atoms with E-state index in [0.29, 0.717) is 24.8 Å². The van der Waals surface area contributed by atoms with Crippen molar-refractivity contribution >= 4 is 11.8 Å². The van der Waals surface area contributed by atoms with Crippen molar-refractivity contribution in [3.63, 3.8) is 0 Å². The number of nitrogens with zero attached hydrogens (tertiary/aromatic N) is 1. The Morgan fingerprint density at radius 3 is 2.29 bits per heavy atom. The lowest BCUT2D eigenvalue weighted by atomic mass is 10.0. The van der Waals surface area contributed by atoms with Gasteiger partial charge in [0.05, 0.1) is 0 Å². The van der Waals surface area contributed by atoms with Gasteiger partial charge < -0.3 is 10.2 Å². The molecule has 28 heavy (non-hydrogen) atoms. The Kier molecular flexibility index (Phi) is 8.18. The number of rotatable bonds is 9. The second-order valence-electron chi connectivity index (χ2n) is 7.23. The second kappa shape index (κ2) is 10.6. The molecule has 0 aliphatic heterocycles. The number of hydrogen-bond acceptors (Lipinski definition) is 2. The minimum absolute atomic E-state index is 0.0534. The third-order valence-electron chi connectivity index (χ3n) is 4.46. The first-order chi connectivity index (χ1) is 13.4. The molecule has 0 heterocycles. The Labute approximate surface area is 166 Å². The molecule has 4 nitrogen and oxygen atoms in total.